The Labute approximate surface area is 126 Å². The zero-order chi connectivity index (χ0) is 14.4. The van der Waals surface area contributed by atoms with Gasteiger partial charge in [-0.15, -0.1) is 0 Å². The number of rotatable bonds is 1. The van der Waals surface area contributed by atoms with Crippen LogP contribution in [0.4, 0.5) is 0 Å². The van der Waals surface area contributed by atoms with Crippen molar-refractivity contribution < 1.29 is 0 Å². The van der Waals surface area contributed by atoms with Gasteiger partial charge in [0, 0.05) is 18.5 Å². The second kappa shape index (κ2) is 4.73. The maximum Gasteiger partial charge on any atom is 0.0803 e. The molecule has 106 valence electrons. The van der Waals surface area contributed by atoms with E-state index in [0.29, 0.717) is 12.0 Å². The molecule has 0 fully saturated rings. The van der Waals surface area contributed by atoms with Crippen LogP contribution >= 0.6 is 0 Å². The molecule has 0 amide bonds. The lowest BCUT2D eigenvalue weighted by atomic mass is 9.77. The average Bonchev–Trinajstić information content (AvgIpc) is 2.84. The van der Waals surface area contributed by atoms with Gasteiger partial charge in [-0.2, -0.15) is 5.10 Å². The van der Waals surface area contributed by atoms with Gasteiger partial charge < -0.3 is 0 Å². The lowest BCUT2D eigenvalue weighted by Crippen LogP contribution is -2.27. The molecule has 0 N–H and O–H groups in total. The third-order valence-electron chi connectivity index (χ3n) is 4.93. The molecule has 1 heterocycles. The van der Waals surface area contributed by atoms with Crippen molar-refractivity contribution in [3.8, 4) is 0 Å². The quantitative estimate of drug-likeness (QED) is 0.770. The summed E-state index contributed by atoms with van der Waals surface area (Å²) in [6, 6.07) is 17.9. The maximum atomic E-state index is 4.90. The molecule has 2 atom stereocenters. The van der Waals surface area contributed by atoms with E-state index in [4.69, 9.17) is 5.10 Å². The van der Waals surface area contributed by atoms with Crippen LogP contribution in [-0.2, 0) is 6.42 Å². The molecular formula is C19H20N2. The fraction of sp³-hybridized carbons (Fsp3) is 0.316. The Morgan fingerprint density at radius 2 is 1.81 bits per heavy atom. The lowest BCUT2D eigenvalue weighted by molar-refractivity contribution is 0.243. The van der Waals surface area contributed by atoms with Gasteiger partial charge in [-0.3, -0.25) is 5.01 Å². The van der Waals surface area contributed by atoms with Crippen LogP contribution in [0.5, 0.6) is 0 Å². The predicted molar refractivity (Wildman–Crippen MR) is 86.5 cm³/mol. The summed E-state index contributed by atoms with van der Waals surface area (Å²) in [5.74, 6) is 0.519. The standard InChI is InChI=1S/C19H20N2/c1-13-7-3-5-9-15(13)19-17-12-11-14-8-4-6-10-16(14)18(17)20-21(19)2/h3-10,17,19H,11-12H2,1-2H3. The van der Waals surface area contributed by atoms with Crippen molar-refractivity contribution in [2.24, 2.45) is 11.0 Å². The fourth-order valence-electron chi connectivity index (χ4n) is 3.90. The van der Waals surface area contributed by atoms with Gasteiger partial charge in [-0.1, -0.05) is 48.5 Å². The zero-order valence-electron chi connectivity index (χ0n) is 12.6. The van der Waals surface area contributed by atoms with Crippen molar-refractivity contribution in [3.63, 3.8) is 0 Å². The first-order valence-electron chi connectivity index (χ1n) is 7.71. The molecule has 1 aliphatic carbocycles. The first kappa shape index (κ1) is 12.6. The van der Waals surface area contributed by atoms with Crippen LogP contribution in [0.25, 0.3) is 0 Å². The van der Waals surface area contributed by atoms with E-state index in [1.165, 1.54) is 34.4 Å². The van der Waals surface area contributed by atoms with Crippen LogP contribution < -0.4 is 0 Å². The van der Waals surface area contributed by atoms with Gasteiger partial charge in [0.1, 0.15) is 0 Å². The molecule has 2 heteroatoms. The topological polar surface area (TPSA) is 15.6 Å². The summed E-state index contributed by atoms with van der Waals surface area (Å²) in [6.07, 6.45) is 2.36. The van der Waals surface area contributed by atoms with Crippen molar-refractivity contribution in [1.82, 2.24) is 5.01 Å². The monoisotopic (exact) mass is 276 g/mol. The van der Waals surface area contributed by atoms with Crippen molar-refractivity contribution in [3.05, 3.63) is 70.8 Å². The van der Waals surface area contributed by atoms with Crippen LogP contribution in [-0.4, -0.2) is 17.8 Å². The number of hydrazone groups is 1. The Balaban J connectivity index is 1.79. The largest absolute Gasteiger partial charge is 0.292 e. The number of aryl methyl sites for hydroxylation is 2. The Hall–Kier alpha value is -2.09. The molecule has 0 saturated heterocycles. The molecule has 1 aliphatic heterocycles. The lowest BCUT2D eigenvalue weighted by Gasteiger charge is -2.29. The third kappa shape index (κ3) is 1.90. The van der Waals surface area contributed by atoms with Crippen molar-refractivity contribution in [2.45, 2.75) is 25.8 Å². The molecule has 2 nitrogen and oxygen atoms in total. The smallest absolute Gasteiger partial charge is 0.0803 e. The Bertz CT molecular complexity index is 717. The Kier molecular flexibility index (Phi) is 2.85. The molecule has 0 aromatic heterocycles. The van der Waals surface area contributed by atoms with E-state index in [1.54, 1.807) is 0 Å². The van der Waals surface area contributed by atoms with Crippen molar-refractivity contribution in [2.75, 3.05) is 7.05 Å². The summed E-state index contributed by atoms with van der Waals surface area (Å²) < 4.78 is 0. The SMILES string of the molecule is Cc1ccccc1C1C2CCc3ccccc3C2=NN1C. The summed E-state index contributed by atoms with van der Waals surface area (Å²) in [5.41, 5.74) is 6.88. The zero-order valence-corrected chi connectivity index (χ0v) is 12.6. The molecule has 2 unspecified atom stereocenters. The minimum Gasteiger partial charge on any atom is -0.292 e. The van der Waals surface area contributed by atoms with Crippen LogP contribution in [0.2, 0.25) is 0 Å². The third-order valence-corrected chi connectivity index (χ3v) is 4.93. The highest BCUT2D eigenvalue weighted by atomic mass is 15.5. The second-order valence-corrected chi connectivity index (χ2v) is 6.16. The van der Waals surface area contributed by atoms with Crippen molar-refractivity contribution >= 4 is 5.71 Å². The molecule has 0 radical (unpaired) electrons. The number of hydrogen-bond donors (Lipinski definition) is 0. The van der Waals surface area contributed by atoms with Gasteiger partial charge in [0.25, 0.3) is 0 Å². The summed E-state index contributed by atoms with van der Waals surface area (Å²) in [5, 5.41) is 7.07. The molecule has 2 aromatic rings. The van der Waals surface area contributed by atoms with Gasteiger partial charge in [-0.05, 0) is 36.5 Å². The fourth-order valence-corrected chi connectivity index (χ4v) is 3.90. The van der Waals surface area contributed by atoms with Gasteiger partial charge in [0.05, 0.1) is 11.8 Å². The normalized spacial score (nSPS) is 23.5. The molecule has 4 rings (SSSR count). The minimum absolute atomic E-state index is 0.384. The van der Waals surface area contributed by atoms with Crippen LogP contribution in [0.1, 0.15) is 34.7 Å². The number of benzene rings is 2. The number of fused-ring (bicyclic) bond motifs is 3. The van der Waals surface area contributed by atoms with Crippen LogP contribution in [0, 0.1) is 12.8 Å². The Morgan fingerprint density at radius 3 is 2.67 bits per heavy atom. The molecule has 2 aromatic carbocycles. The minimum atomic E-state index is 0.384. The van der Waals surface area contributed by atoms with Crippen molar-refractivity contribution in [1.29, 1.82) is 0 Å². The van der Waals surface area contributed by atoms with E-state index < -0.39 is 0 Å². The van der Waals surface area contributed by atoms with Gasteiger partial charge >= 0.3 is 0 Å². The van der Waals surface area contributed by atoms with Gasteiger partial charge in [-0.25, -0.2) is 0 Å². The second-order valence-electron chi connectivity index (χ2n) is 6.16. The molecule has 0 saturated carbocycles. The van der Waals surface area contributed by atoms with Crippen LogP contribution in [0.3, 0.4) is 0 Å². The predicted octanol–water partition coefficient (Wildman–Crippen LogP) is 3.95. The maximum absolute atomic E-state index is 4.90. The highest BCUT2D eigenvalue weighted by molar-refractivity contribution is 6.05. The molecular weight excluding hydrogens is 256 g/mol. The molecule has 0 bridgehead atoms. The van der Waals surface area contributed by atoms with E-state index in [0.717, 1.165) is 6.42 Å². The summed E-state index contributed by atoms with van der Waals surface area (Å²) in [4.78, 5) is 0. The first-order chi connectivity index (χ1) is 10.3. The van der Waals surface area contributed by atoms with E-state index in [2.05, 4.69) is 67.5 Å². The van der Waals surface area contributed by atoms with E-state index >= 15 is 0 Å². The summed E-state index contributed by atoms with van der Waals surface area (Å²) >= 11 is 0. The van der Waals surface area contributed by atoms with E-state index in [9.17, 15) is 0 Å². The number of nitrogens with zero attached hydrogens (tertiary/aromatic N) is 2. The summed E-state index contributed by atoms with van der Waals surface area (Å²) in [6.45, 7) is 2.21. The highest BCUT2D eigenvalue weighted by Gasteiger charge is 2.40. The average molecular weight is 276 g/mol. The van der Waals surface area contributed by atoms with E-state index in [1.807, 2.05) is 0 Å². The van der Waals surface area contributed by atoms with E-state index in [-0.39, 0.29) is 0 Å². The van der Waals surface area contributed by atoms with Crippen LogP contribution in [0.15, 0.2) is 53.6 Å². The highest BCUT2D eigenvalue weighted by Crippen LogP contribution is 2.43. The number of hydrogen-bond acceptors (Lipinski definition) is 2. The van der Waals surface area contributed by atoms with Gasteiger partial charge in [0.2, 0.25) is 0 Å². The Morgan fingerprint density at radius 1 is 1.05 bits per heavy atom. The van der Waals surface area contributed by atoms with Gasteiger partial charge in [0.15, 0.2) is 0 Å². The summed E-state index contributed by atoms with van der Waals surface area (Å²) in [7, 11) is 2.12. The molecule has 0 spiro atoms. The molecule has 2 aliphatic rings. The first-order valence-corrected chi connectivity index (χ1v) is 7.71. The molecule has 21 heavy (non-hydrogen) atoms.